The standard InChI is InChI=1S/C22H27N5O2/c1-15-6-5-7-16(12-15)21(28)23-17-13-19-20(26(4)22(29)25(19)3)14-18(17)27-10-8-24(2)9-11-27/h5-7,12-14H,8-11H2,1-4H3,(H,23,28). The molecule has 0 bridgehead atoms. The lowest BCUT2D eigenvalue weighted by Gasteiger charge is -2.35. The number of hydrogen-bond donors (Lipinski definition) is 1. The molecule has 0 unspecified atom stereocenters. The number of rotatable bonds is 3. The van der Waals surface area contributed by atoms with Gasteiger partial charge < -0.3 is 15.1 Å². The molecule has 1 saturated heterocycles. The molecule has 1 fully saturated rings. The van der Waals surface area contributed by atoms with Crippen molar-refractivity contribution in [3.05, 3.63) is 58.0 Å². The lowest BCUT2D eigenvalue weighted by Crippen LogP contribution is -2.44. The highest BCUT2D eigenvalue weighted by atomic mass is 16.2. The number of carbonyl (C=O) groups is 1. The molecule has 7 nitrogen and oxygen atoms in total. The van der Waals surface area contributed by atoms with Gasteiger partial charge in [-0.2, -0.15) is 0 Å². The highest BCUT2D eigenvalue weighted by Crippen LogP contribution is 2.32. The smallest absolute Gasteiger partial charge is 0.328 e. The summed E-state index contributed by atoms with van der Waals surface area (Å²) >= 11 is 0. The minimum atomic E-state index is -0.149. The van der Waals surface area contributed by atoms with Crippen LogP contribution < -0.4 is 15.9 Å². The number of likely N-dealkylation sites (N-methyl/N-ethyl adjacent to an activating group) is 1. The van der Waals surface area contributed by atoms with Crippen LogP contribution in [-0.2, 0) is 14.1 Å². The lowest BCUT2D eigenvalue weighted by atomic mass is 10.1. The zero-order chi connectivity index (χ0) is 20.7. The number of fused-ring (bicyclic) bond motifs is 1. The van der Waals surface area contributed by atoms with Crippen LogP contribution in [0.1, 0.15) is 15.9 Å². The van der Waals surface area contributed by atoms with Gasteiger partial charge in [0.2, 0.25) is 0 Å². The molecule has 1 N–H and O–H groups in total. The van der Waals surface area contributed by atoms with Gasteiger partial charge in [0.25, 0.3) is 5.91 Å². The molecule has 1 aliphatic rings. The third-order valence-corrected chi connectivity index (χ3v) is 5.76. The number of hydrogen-bond acceptors (Lipinski definition) is 4. The van der Waals surface area contributed by atoms with Crippen molar-refractivity contribution in [3.63, 3.8) is 0 Å². The maximum absolute atomic E-state index is 12.9. The van der Waals surface area contributed by atoms with E-state index in [1.54, 1.807) is 23.2 Å². The van der Waals surface area contributed by atoms with E-state index in [1.165, 1.54) is 0 Å². The second-order valence-electron chi connectivity index (χ2n) is 7.87. The number of benzene rings is 2. The minimum Gasteiger partial charge on any atom is -0.367 e. The Kier molecular flexibility index (Phi) is 4.92. The fraction of sp³-hybridized carbons (Fsp3) is 0.364. The Morgan fingerprint density at radius 1 is 0.931 bits per heavy atom. The SMILES string of the molecule is Cc1cccc(C(=O)Nc2cc3c(cc2N2CCN(C)CC2)n(C)c(=O)n3C)c1. The van der Waals surface area contributed by atoms with Crippen LogP contribution in [0, 0.1) is 6.92 Å². The summed E-state index contributed by atoms with van der Waals surface area (Å²) in [4.78, 5) is 29.9. The van der Waals surface area contributed by atoms with Gasteiger partial charge in [0.15, 0.2) is 0 Å². The van der Waals surface area contributed by atoms with Crippen molar-refractivity contribution in [1.82, 2.24) is 14.0 Å². The molecule has 0 atom stereocenters. The van der Waals surface area contributed by atoms with E-state index in [0.29, 0.717) is 5.56 Å². The molecule has 29 heavy (non-hydrogen) atoms. The maximum Gasteiger partial charge on any atom is 0.328 e. The van der Waals surface area contributed by atoms with E-state index in [1.807, 2.05) is 43.3 Å². The summed E-state index contributed by atoms with van der Waals surface area (Å²) in [6.45, 7) is 5.62. The average molecular weight is 393 g/mol. The molecule has 152 valence electrons. The van der Waals surface area contributed by atoms with Crippen LogP contribution in [0.3, 0.4) is 0 Å². The number of aryl methyl sites for hydroxylation is 3. The molecule has 0 spiro atoms. The molecule has 4 rings (SSSR count). The number of aromatic nitrogens is 2. The predicted octanol–water partition coefficient (Wildman–Crippen LogP) is 2.19. The second kappa shape index (κ2) is 7.40. The third kappa shape index (κ3) is 3.53. The molecule has 0 aliphatic carbocycles. The van der Waals surface area contributed by atoms with Crippen LogP contribution >= 0.6 is 0 Å². The van der Waals surface area contributed by atoms with E-state index in [-0.39, 0.29) is 11.6 Å². The molecule has 1 amide bonds. The summed E-state index contributed by atoms with van der Waals surface area (Å²) in [6, 6.07) is 11.5. The van der Waals surface area contributed by atoms with E-state index in [4.69, 9.17) is 0 Å². The quantitative estimate of drug-likeness (QED) is 0.741. The Hall–Kier alpha value is -3.06. The Morgan fingerprint density at radius 3 is 2.24 bits per heavy atom. The van der Waals surface area contributed by atoms with Gasteiger partial charge in [0, 0.05) is 45.8 Å². The fourth-order valence-corrected chi connectivity index (χ4v) is 3.92. The summed E-state index contributed by atoms with van der Waals surface area (Å²) < 4.78 is 3.27. The number of amides is 1. The summed E-state index contributed by atoms with van der Waals surface area (Å²) in [5.74, 6) is -0.149. The molecule has 0 saturated carbocycles. The molecule has 1 aromatic heterocycles. The van der Waals surface area contributed by atoms with Gasteiger partial charge in [-0.3, -0.25) is 13.9 Å². The van der Waals surface area contributed by atoms with E-state index in [9.17, 15) is 9.59 Å². The summed E-state index contributed by atoms with van der Waals surface area (Å²) in [7, 11) is 5.65. The Labute approximate surface area is 170 Å². The molecule has 1 aliphatic heterocycles. The largest absolute Gasteiger partial charge is 0.367 e. The van der Waals surface area contributed by atoms with Crippen LogP contribution in [0.4, 0.5) is 11.4 Å². The Balaban J connectivity index is 1.79. The van der Waals surface area contributed by atoms with Crippen LogP contribution in [-0.4, -0.2) is 53.2 Å². The van der Waals surface area contributed by atoms with Gasteiger partial charge >= 0.3 is 5.69 Å². The fourth-order valence-electron chi connectivity index (χ4n) is 3.92. The van der Waals surface area contributed by atoms with Crippen molar-refractivity contribution in [1.29, 1.82) is 0 Å². The zero-order valence-corrected chi connectivity index (χ0v) is 17.4. The van der Waals surface area contributed by atoms with Crippen molar-refractivity contribution in [2.45, 2.75) is 6.92 Å². The number of imidazole rings is 1. The van der Waals surface area contributed by atoms with Crippen molar-refractivity contribution < 1.29 is 4.79 Å². The zero-order valence-electron chi connectivity index (χ0n) is 17.4. The van der Waals surface area contributed by atoms with E-state index in [2.05, 4.69) is 22.2 Å². The topological polar surface area (TPSA) is 62.5 Å². The van der Waals surface area contributed by atoms with Gasteiger partial charge in [0.05, 0.1) is 22.4 Å². The first kappa shape index (κ1) is 19.3. The van der Waals surface area contributed by atoms with Gasteiger partial charge in [0.1, 0.15) is 0 Å². The van der Waals surface area contributed by atoms with Gasteiger partial charge in [-0.05, 0) is 38.2 Å². The first-order valence-electron chi connectivity index (χ1n) is 9.86. The number of carbonyl (C=O) groups excluding carboxylic acids is 1. The van der Waals surface area contributed by atoms with Crippen molar-refractivity contribution in [2.75, 3.05) is 43.4 Å². The first-order chi connectivity index (χ1) is 13.8. The van der Waals surface area contributed by atoms with E-state index >= 15 is 0 Å². The van der Waals surface area contributed by atoms with Gasteiger partial charge in [-0.25, -0.2) is 4.79 Å². The van der Waals surface area contributed by atoms with Crippen LogP contribution in [0.5, 0.6) is 0 Å². The lowest BCUT2D eigenvalue weighted by molar-refractivity contribution is 0.102. The molecule has 2 heterocycles. The predicted molar refractivity (Wildman–Crippen MR) is 117 cm³/mol. The van der Waals surface area contributed by atoms with Crippen LogP contribution in [0.15, 0.2) is 41.2 Å². The molecular formula is C22H27N5O2. The van der Waals surface area contributed by atoms with Gasteiger partial charge in [-0.1, -0.05) is 17.7 Å². The molecular weight excluding hydrogens is 366 g/mol. The molecule has 0 radical (unpaired) electrons. The summed E-state index contributed by atoms with van der Waals surface area (Å²) in [5.41, 5.74) is 4.93. The number of piperazine rings is 1. The maximum atomic E-state index is 12.9. The minimum absolute atomic E-state index is 0.0773. The molecule has 2 aromatic carbocycles. The van der Waals surface area contributed by atoms with Gasteiger partial charge in [-0.15, -0.1) is 0 Å². The van der Waals surface area contributed by atoms with E-state index in [0.717, 1.165) is 54.2 Å². The van der Waals surface area contributed by atoms with Crippen LogP contribution in [0.2, 0.25) is 0 Å². The summed E-state index contributed by atoms with van der Waals surface area (Å²) in [5, 5.41) is 3.09. The van der Waals surface area contributed by atoms with Crippen LogP contribution in [0.25, 0.3) is 11.0 Å². The highest BCUT2D eigenvalue weighted by molar-refractivity contribution is 6.07. The van der Waals surface area contributed by atoms with E-state index < -0.39 is 0 Å². The summed E-state index contributed by atoms with van der Waals surface area (Å²) in [6.07, 6.45) is 0. The molecule has 3 aromatic rings. The third-order valence-electron chi connectivity index (χ3n) is 5.76. The number of anilines is 2. The van der Waals surface area contributed by atoms with Crippen molar-refractivity contribution in [3.8, 4) is 0 Å². The Bertz CT molecular complexity index is 1140. The number of nitrogens with one attached hydrogen (secondary N) is 1. The Morgan fingerprint density at radius 2 is 1.59 bits per heavy atom. The second-order valence-corrected chi connectivity index (χ2v) is 7.87. The van der Waals surface area contributed by atoms with Crippen molar-refractivity contribution >= 4 is 28.3 Å². The monoisotopic (exact) mass is 393 g/mol. The number of nitrogens with zero attached hydrogens (tertiary/aromatic N) is 4. The first-order valence-corrected chi connectivity index (χ1v) is 9.86. The highest BCUT2D eigenvalue weighted by Gasteiger charge is 2.21. The normalized spacial score (nSPS) is 15.1. The molecule has 7 heteroatoms. The van der Waals surface area contributed by atoms with Crippen molar-refractivity contribution in [2.24, 2.45) is 14.1 Å². The average Bonchev–Trinajstić information content (AvgIpc) is 2.92.